The second-order valence-electron chi connectivity index (χ2n) is 8.18. The minimum atomic E-state index is -4.39. The van der Waals surface area contributed by atoms with Crippen LogP contribution in [-0.2, 0) is 22.1 Å². The first-order valence-corrected chi connectivity index (χ1v) is 10.5. The highest BCUT2D eigenvalue weighted by molar-refractivity contribution is 5.82. The lowest BCUT2D eigenvalue weighted by Crippen LogP contribution is -2.57. The van der Waals surface area contributed by atoms with E-state index in [1.165, 1.54) is 25.3 Å². The molecule has 2 atom stereocenters. The molecule has 0 unspecified atom stereocenters. The maximum Gasteiger partial charge on any atom is 0.416 e. The predicted molar refractivity (Wildman–Crippen MR) is 104 cm³/mol. The van der Waals surface area contributed by atoms with Gasteiger partial charge in [-0.25, -0.2) is 0 Å². The van der Waals surface area contributed by atoms with E-state index in [1.54, 1.807) is 6.07 Å². The summed E-state index contributed by atoms with van der Waals surface area (Å²) in [5.41, 5.74) is 0.727. The topological polar surface area (TPSA) is 44.8 Å². The number of piperidine rings is 1. The number of nitrogens with one attached hydrogen (secondary N) is 1. The Labute approximate surface area is 169 Å². The molecule has 2 fully saturated rings. The molecule has 160 valence electrons. The Balaban J connectivity index is 1.47. The first kappa shape index (κ1) is 20.5. The second-order valence-corrected chi connectivity index (χ2v) is 8.18. The fourth-order valence-electron chi connectivity index (χ4n) is 4.75. The largest absolute Gasteiger partial charge is 0.416 e. The van der Waals surface area contributed by atoms with Gasteiger partial charge in [0.15, 0.2) is 0 Å². The Morgan fingerprint density at radius 3 is 2.72 bits per heavy atom. The van der Waals surface area contributed by atoms with E-state index in [2.05, 4.69) is 15.1 Å². The lowest BCUT2D eigenvalue weighted by Gasteiger charge is -2.45. The van der Waals surface area contributed by atoms with Gasteiger partial charge in [-0.1, -0.05) is 6.42 Å². The van der Waals surface area contributed by atoms with Crippen LogP contribution in [0.5, 0.6) is 0 Å². The van der Waals surface area contributed by atoms with E-state index >= 15 is 0 Å². The van der Waals surface area contributed by atoms with Crippen LogP contribution in [0.25, 0.3) is 0 Å². The van der Waals surface area contributed by atoms with E-state index in [1.807, 2.05) is 0 Å². The number of nitrogens with zero attached hydrogens (tertiary/aromatic N) is 2. The van der Waals surface area contributed by atoms with Gasteiger partial charge in [0.05, 0.1) is 30.7 Å². The van der Waals surface area contributed by atoms with Gasteiger partial charge in [0.25, 0.3) is 0 Å². The zero-order chi connectivity index (χ0) is 20.4. The second kappa shape index (κ2) is 8.52. The summed E-state index contributed by atoms with van der Waals surface area (Å²) in [4.78, 5) is 17.4. The Kier molecular flexibility index (Phi) is 6.01. The number of benzene rings is 1. The molecule has 8 heteroatoms. The molecule has 2 saturated heterocycles. The quantitative estimate of drug-likeness (QED) is 0.828. The van der Waals surface area contributed by atoms with Gasteiger partial charge in [0.1, 0.15) is 0 Å². The summed E-state index contributed by atoms with van der Waals surface area (Å²) in [5.74, 6) is -0.502. The van der Waals surface area contributed by atoms with Crippen molar-refractivity contribution in [3.63, 3.8) is 0 Å². The van der Waals surface area contributed by atoms with Crippen LogP contribution in [-0.4, -0.2) is 62.8 Å². The molecule has 3 heterocycles. The standard InChI is InChI=1S/C21H28F3N3O2/c22-21(23,24)16-4-5-18-15(12-16)13-17(19-14-29-11-10-27(18)19)20(28)25-6-9-26-7-2-1-3-8-26/h4-5,12,17,19H,1-3,6-11,13-14H2,(H,25,28)/t17-,19+/m1/s1. The number of halogens is 3. The van der Waals surface area contributed by atoms with Crippen molar-refractivity contribution in [2.75, 3.05) is 50.8 Å². The van der Waals surface area contributed by atoms with Crippen LogP contribution in [0.2, 0.25) is 0 Å². The van der Waals surface area contributed by atoms with Gasteiger partial charge in [0.2, 0.25) is 5.91 Å². The molecule has 0 aliphatic carbocycles. The van der Waals surface area contributed by atoms with Gasteiger partial charge >= 0.3 is 6.18 Å². The van der Waals surface area contributed by atoms with Crippen LogP contribution in [0.3, 0.4) is 0 Å². The van der Waals surface area contributed by atoms with E-state index in [-0.39, 0.29) is 11.9 Å². The van der Waals surface area contributed by atoms with E-state index in [4.69, 9.17) is 4.74 Å². The van der Waals surface area contributed by atoms with Crippen molar-refractivity contribution in [2.45, 2.75) is 37.9 Å². The summed E-state index contributed by atoms with van der Waals surface area (Å²) in [7, 11) is 0. The fraction of sp³-hybridized carbons (Fsp3) is 0.667. The zero-order valence-corrected chi connectivity index (χ0v) is 16.5. The van der Waals surface area contributed by atoms with Crippen molar-refractivity contribution >= 4 is 11.6 Å². The van der Waals surface area contributed by atoms with E-state index in [0.29, 0.717) is 38.3 Å². The maximum atomic E-state index is 13.2. The molecule has 3 aliphatic rings. The highest BCUT2D eigenvalue weighted by Gasteiger charge is 2.41. The smallest absolute Gasteiger partial charge is 0.377 e. The van der Waals surface area contributed by atoms with Crippen molar-refractivity contribution < 1.29 is 22.7 Å². The van der Waals surface area contributed by atoms with Crippen molar-refractivity contribution in [1.29, 1.82) is 0 Å². The summed E-state index contributed by atoms with van der Waals surface area (Å²) in [5, 5.41) is 3.02. The molecule has 1 N–H and O–H groups in total. The highest BCUT2D eigenvalue weighted by atomic mass is 19.4. The first-order chi connectivity index (χ1) is 13.9. The molecule has 5 nitrogen and oxygen atoms in total. The molecular weight excluding hydrogens is 383 g/mol. The molecule has 3 aliphatic heterocycles. The summed E-state index contributed by atoms with van der Waals surface area (Å²) in [6, 6.07) is 3.74. The van der Waals surface area contributed by atoms with Gasteiger partial charge in [0, 0.05) is 25.3 Å². The number of carbonyl (C=O) groups excluding carboxylic acids is 1. The Bertz CT molecular complexity index is 734. The van der Waals surface area contributed by atoms with Crippen molar-refractivity contribution in [1.82, 2.24) is 10.2 Å². The minimum Gasteiger partial charge on any atom is -0.377 e. The summed E-state index contributed by atoms with van der Waals surface area (Å²) in [6.45, 7) is 5.04. The fourth-order valence-corrected chi connectivity index (χ4v) is 4.75. The van der Waals surface area contributed by atoms with Gasteiger partial charge < -0.3 is 19.9 Å². The number of carbonyl (C=O) groups is 1. The van der Waals surface area contributed by atoms with Gasteiger partial charge in [-0.3, -0.25) is 4.79 Å². The molecule has 1 aromatic rings. The van der Waals surface area contributed by atoms with Crippen LogP contribution < -0.4 is 10.2 Å². The molecule has 4 rings (SSSR count). The number of hydrogen-bond acceptors (Lipinski definition) is 4. The van der Waals surface area contributed by atoms with Crippen LogP contribution in [0.15, 0.2) is 18.2 Å². The minimum absolute atomic E-state index is 0.0921. The number of ether oxygens (including phenoxy) is 1. The number of anilines is 1. The SMILES string of the molecule is O=C(NCCN1CCCCC1)[C@@H]1Cc2cc(C(F)(F)F)ccc2N2CCOC[C@@H]12. The van der Waals surface area contributed by atoms with Crippen molar-refractivity contribution in [2.24, 2.45) is 5.92 Å². The normalized spacial score (nSPS) is 25.3. The number of hydrogen-bond donors (Lipinski definition) is 1. The predicted octanol–water partition coefficient (Wildman–Crippen LogP) is 2.69. The number of likely N-dealkylation sites (tertiary alicyclic amines) is 1. The van der Waals surface area contributed by atoms with E-state index in [9.17, 15) is 18.0 Å². The van der Waals surface area contributed by atoms with Crippen LogP contribution in [0, 0.1) is 5.92 Å². The summed E-state index contributed by atoms with van der Waals surface area (Å²) < 4.78 is 45.1. The zero-order valence-electron chi connectivity index (χ0n) is 16.5. The number of alkyl halides is 3. The third-order valence-electron chi connectivity index (χ3n) is 6.30. The molecule has 0 bridgehead atoms. The van der Waals surface area contributed by atoms with Crippen LogP contribution in [0.1, 0.15) is 30.4 Å². The third kappa shape index (κ3) is 4.53. The Morgan fingerprint density at radius 1 is 1.17 bits per heavy atom. The molecular formula is C21H28F3N3O2. The number of amides is 1. The van der Waals surface area contributed by atoms with Gasteiger partial charge in [-0.05, 0) is 56.1 Å². The number of morpholine rings is 1. The molecule has 0 spiro atoms. The van der Waals surface area contributed by atoms with E-state index < -0.39 is 17.7 Å². The molecule has 1 amide bonds. The molecule has 0 aromatic heterocycles. The first-order valence-electron chi connectivity index (χ1n) is 10.5. The Morgan fingerprint density at radius 2 is 1.97 bits per heavy atom. The highest BCUT2D eigenvalue weighted by Crippen LogP contribution is 2.39. The van der Waals surface area contributed by atoms with E-state index in [0.717, 1.165) is 31.4 Å². The molecule has 0 radical (unpaired) electrons. The van der Waals surface area contributed by atoms with Gasteiger partial charge in [-0.2, -0.15) is 13.2 Å². The lowest BCUT2D eigenvalue weighted by molar-refractivity contribution is -0.137. The molecule has 0 saturated carbocycles. The average Bonchev–Trinajstić information content (AvgIpc) is 2.72. The lowest BCUT2D eigenvalue weighted by atomic mass is 9.84. The monoisotopic (exact) mass is 411 g/mol. The van der Waals surface area contributed by atoms with Crippen LogP contribution >= 0.6 is 0 Å². The van der Waals surface area contributed by atoms with Crippen LogP contribution in [0.4, 0.5) is 18.9 Å². The number of fused-ring (bicyclic) bond motifs is 3. The van der Waals surface area contributed by atoms with Crippen molar-refractivity contribution in [3.05, 3.63) is 29.3 Å². The average molecular weight is 411 g/mol. The Hall–Kier alpha value is -1.80. The number of rotatable bonds is 4. The summed E-state index contributed by atoms with van der Waals surface area (Å²) >= 11 is 0. The molecule has 29 heavy (non-hydrogen) atoms. The van der Waals surface area contributed by atoms with Crippen molar-refractivity contribution in [3.8, 4) is 0 Å². The third-order valence-corrected chi connectivity index (χ3v) is 6.30. The van der Waals surface area contributed by atoms with Gasteiger partial charge in [-0.15, -0.1) is 0 Å². The summed E-state index contributed by atoms with van der Waals surface area (Å²) in [6.07, 6.45) is -0.420. The molecule has 1 aromatic carbocycles. The maximum absolute atomic E-state index is 13.2.